The Hall–Kier alpha value is -1.03. The molecule has 100 valence electrons. The van der Waals surface area contributed by atoms with Crippen LogP contribution in [-0.2, 0) is 6.54 Å². The van der Waals surface area contributed by atoms with Gasteiger partial charge in [-0.15, -0.1) is 11.8 Å². The average Bonchev–Trinajstić information content (AvgIpc) is 2.41. The summed E-state index contributed by atoms with van der Waals surface area (Å²) in [5.74, 6) is 0.0202. The Kier molecular flexibility index (Phi) is 4.86. The molecule has 0 aliphatic heterocycles. The normalized spacial score (nSPS) is 10.5. The zero-order valence-electron chi connectivity index (χ0n) is 10.3. The lowest BCUT2D eigenvalue weighted by atomic mass is 10.2. The Morgan fingerprint density at radius 1 is 1.16 bits per heavy atom. The molecule has 19 heavy (non-hydrogen) atoms. The lowest BCUT2D eigenvalue weighted by Crippen LogP contribution is -1.99. The number of phenols is 1. The fraction of sp³-hybridized carbons (Fsp3) is 0.143. The summed E-state index contributed by atoms with van der Waals surface area (Å²) < 4.78 is 0. The van der Waals surface area contributed by atoms with Gasteiger partial charge in [-0.3, -0.25) is 0 Å². The van der Waals surface area contributed by atoms with Gasteiger partial charge in [-0.25, -0.2) is 0 Å². The highest BCUT2D eigenvalue weighted by molar-refractivity contribution is 7.98. The molecule has 0 aliphatic carbocycles. The van der Waals surface area contributed by atoms with E-state index in [0.717, 1.165) is 5.56 Å². The zero-order valence-corrected chi connectivity index (χ0v) is 12.6. The first-order valence-electron chi connectivity index (χ1n) is 5.65. The third-order valence-corrected chi connectivity index (χ3v) is 3.92. The second-order valence-corrected chi connectivity index (χ2v) is 5.71. The second kappa shape index (κ2) is 6.42. The summed E-state index contributed by atoms with van der Waals surface area (Å²) >= 11 is 13.5. The minimum absolute atomic E-state index is 0.0202. The highest BCUT2D eigenvalue weighted by atomic mass is 35.5. The van der Waals surface area contributed by atoms with E-state index in [9.17, 15) is 5.11 Å². The highest BCUT2D eigenvalue weighted by Gasteiger charge is 2.07. The molecule has 2 aromatic carbocycles. The van der Waals surface area contributed by atoms with Crippen LogP contribution in [0.25, 0.3) is 0 Å². The van der Waals surface area contributed by atoms with Crippen molar-refractivity contribution in [1.29, 1.82) is 0 Å². The molecule has 0 aromatic heterocycles. The number of anilines is 1. The first kappa shape index (κ1) is 14.4. The molecular weight excluding hydrogens is 301 g/mol. The van der Waals surface area contributed by atoms with E-state index in [4.69, 9.17) is 23.2 Å². The van der Waals surface area contributed by atoms with Crippen LogP contribution < -0.4 is 5.32 Å². The first-order valence-corrected chi connectivity index (χ1v) is 7.63. The zero-order chi connectivity index (χ0) is 13.8. The van der Waals surface area contributed by atoms with Crippen molar-refractivity contribution in [2.75, 3.05) is 11.6 Å². The fourth-order valence-electron chi connectivity index (χ4n) is 1.64. The van der Waals surface area contributed by atoms with Gasteiger partial charge in [0.15, 0.2) is 5.75 Å². The van der Waals surface area contributed by atoms with Crippen molar-refractivity contribution < 1.29 is 5.11 Å². The van der Waals surface area contributed by atoms with Crippen LogP contribution in [0.5, 0.6) is 5.75 Å². The van der Waals surface area contributed by atoms with Gasteiger partial charge < -0.3 is 10.4 Å². The Labute approximate surface area is 126 Å². The second-order valence-electron chi connectivity index (χ2n) is 3.99. The highest BCUT2D eigenvalue weighted by Crippen LogP contribution is 2.35. The molecule has 0 radical (unpaired) electrons. The monoisotopic (exact) mass is 313 g/mol. The Bertz CT molecular complexity index is 572. The molecule has 0 aliphatic rings. The molecular formula is C14H13Cl2NOS. The largest absolute Gasteiger partial charge is 0.504 e. The number of nitrogens with one attached hydrogen (secondary N) is 1. The Morgan fingerprint density at radius 3 is 2.47 bits per heavy atom. The topological polar surface area (TPSA) is 32.3 Å². The molecule has 0 saturated heterocycles. The summed E-state index contributed by atoms with van der Waals surface area (Å²) in [5, 5.41) is 13.7. The van der Waals surface area contributed by atoms with Gasteiger partial charge in [-0.1, -0.05) is 35.3 Å². The van der Waals surface area contributed by atoms with E-state index in [1.807, 2.05) is 18.4 Å². The fourth-order valence-corrected chi connectivity index (χ4v) is 2.54. The Morgan fingerprint density at radius 2 is 1.84 bits per heavy atom. The first-order chi connectivity index (χ1) is 9.10. The number of hydrogen-bond acceptors (Lipinski definition) is 3. The minimum Gasteiger partial charge on any atom is -0.504 e. The van der Waals surface area contributed by atoms with Crippen molar-refractivity contribution >= 4 is 40.7 Å². The van der Waals surface area contributed by atoms with Gasteiger partial charge in [0, 0.05) is 16.5 Å². The standard InChI is InChI=1S/C14H13Cl2NOS/c1-19-11-4-2-9(3-5-11)8-17-13-7-10(15)6-12(16)14(13)18/h2-7,17-18H,8H2,1H3. The molecule has 0 unspecified atom stereocenters. The number of thioether (sulfide) groups is 1. The maximum atomic E-state index is 9.83. The van der Waals surface area contributed by atoms with Gasteiger partial charge in [0.05, 0.1) is 10.7 Å². The predicted molar refractivity (Wildman–Crippen MR) is 83.7 cm³/mol. The maximum Gasteiger partial charge on any atom is 0.157 e. The van der Waals surface area contributed by atoms with Crippen molar-refractivity contribution in [3.63, 3.8) is 0 Å². The quantitative estimate of drug-likeness (QED) is 0.613. The van der Waals surface area contributed by atoms with Crippen LogP contribution >= 0.6 is 35.0 Å². The third kappa shape index (κ3) is 3.72. The van der Waals surface area contributed by atoms with Crippen molar-refractivity contribution in [3.8, 4) is 5.75 Å². The summed E-state index contributed by atoms with van der Waals surface area (Å²) in [6.07, 6.45) is 2.04. The van der Waals surface area contributed by atoms with Crippen LogP contribution in [0.3, 0.4) is 0 Å². The van der Waals surface area contributed by atoms with Gasteiger partial charge in [0.25, 0.3) is 0 Å². The van der Waals surface area contributed by atoms with Crippen LogP contribution in [0.15, 0.2) is 41.3 Å². The molecule has 0 bridgehead atoms. The number of rotatable bonds is 4. The van der Waals surface area contributed by atoms with E-state index in [-0.39, 0.29) is 10.8 Å². The smallest absolute Gasteiger partial charge is 0.157 e. The van der Waals surface area contributed by atoms with Crippen LogP contribution in [0.1, 0.15) is 5.56 Å². The molecule has 2 rings (SSSR count). The van der Waals surface area contributed by atoms with Crippen molar-refractivity contribution in [2.24, 2.45) is 0 Å². The molecule has 2 N–H and O–H groups in total. The lowest BCUT2D eigenvalue weighted by molar-refractivity contribution is 0.477. The number of halogens is 2. The van der Waals surface area contributed by atoms with Crippen molar-refractivity contribution in [3.05, 3.63) is 52.0 Å². The molecule has 0 amide bonds. The minimum atomic E-state index is 0.0202. The number of phenolic OH excluding ortho intramolecular Hbond substituents is 1. The molecule has 2 aromatic rings. The number of hydrogen-bond donors (Lipinski definition) is 2. The molecule has 0 spiro atoms. The van der Waals surface area contributed by atoms with E-state index in [2.05, 4.69) is 17.4 Å². The van der Waals surface area contributed by atoms with E-state index in [1.54, 1.807) is 17.8 Å². The molecule has 0 saturated carbocycles. The maximum absolute atomic E-state index is 9.83. The van der Waals surface area contributed by atoms with E-state index < -0.39 is 0 Å². The van der Waals surface area contributed by atoms with Crippen LogP contribution in [0, 0.1) is 0 Å². The lowest BCUT2D eigenvalue weighted by Gasteiger charge is -2.10. The SMILES string of the molecule is CSc1ccc(CNc2cc(Cl)cc(Cl)c2O)cc1. The van der Waals surface area contributed by atoms with Gasteiger partial charge in [-0.2, -0.15) is 0 Å². The average molecular weight is 314 g/mol. The molecule has 2 nitrogen and oxygen atoms in total. The summed E-state index contributed by atoms with van der Waals surface area (Å²) in [4.78, 5) is 1.22. The van der Waals surface area contributed by atoms with Crippen LogP contribution in [0.2, 0.25) is 10.0 Å². The van der Waals surface area contributed by atoms with E-state index in [0.29, 0.717) is 17.3 Å². The molecule has 0 heterocycles. The summed E-state index contributed by atoms with van der Waals surface area (Å²) in [7, 11) is 0. The van der Waals surface area contributed by atoms with Gasteiger partial charge in [-0.05, 0) is 36.1 Å². The Balaban J connectivity index is 2.09. The molecule has 0 fully saturated rings. The van der Waals surface area contributed by atoms with Gasteiger partial charge in [0.1, 0.15) is 0 Å². The van der Waals surface area contributed by atoms with Crippen molar-refractivity contribution in [1.82, 2.24) is 0 Å². The number of aromatic hydroxyl groups is 1. The van der Waals surface area contributed by atoms with Gasteiger partial charge >= 0.3 is 0 Å². The van der Waals surface area contributed by atoms with Crippen molar-refractivity contribution in [2.45, 2.75) is 11.4 Å². The summed E-state index contributed by atoms with van der Waals surface area (Å²) in [6, 6.07) is 11.4. The van der Waals surface area contributed by atoms with E-state index >= 15 is 0 Å². The van der Waals surface area contributed by atoms with Crippen LogP contribution in [-0.4, -0.2) is 11.4 Å². The van der Waals surface area contributed by atoms with E-state index in [1.165, 1.54) is 11.0 Å². The molecule has 5 heteroatoms. The number of benzene rings is 2. The summed E-state index contributed by atoms with van der Waals surface area (Å²) in [6.45, 7) is 0.596. The van der Waals surface area contributed by atoms with Crippen LogP contribution in [0.4, 0.5) is 5.69 Å². The molecule has 0 atom stereocenters. The van der Waals surface area contributed by atoms with Gasteiger partial charge in [0.2, 0.25) is 0 Å². The third-order valence-electron chi connectivity index (χ3n) is 2.67. The summed E-state index contributed by atoms with van der Waals surface area (Å²) in [5.41, 5.74) is 1.65. The predicted octanol–water partition coefficient (Wildman–Crippen LogP) is 5.03.